The van der Waals surface area contributed by atoms with Gasteiger partial charge in [0.15, 0.2) is 0 Å². The quantitative estimate of drug-likeness (QED) is 0.721. The van der Waals surface area contributed by atoms with Crippen LogP contribution in [0.5, 0.6) is 0 Å². The Hall–Kier alpha value is -2.00. The topological polar surface area (TPSA) is 58.3 Å². The van der Waals surface area contributed by atoms with Crippen LogP contribution >= 0.6 is 0 Å². The van der Waals surface area contributed by atoms with Crippen LogP contribution in [0.1, 0.15) is 11.1 Å². The van der Waals surface area contributed by atoms with Gasteiger partial charge >= 0.3 is 0 Å². The Kier molecular flexibility index (Phi) is 4.42. The number of benzene rings is 2. The monoisotopic (exact) mass is 256 g/mol. The average molecular weight is 256 g/mol. The van der Waals surface area contributed by atoms with Gasteiger partial charge in [-0.15, -0.1) is 0 Å². The van der Waals surface area contributed by atoms with Crippen molar-refractivity contribution in [2.24, 2.45) is 0 Å². The van der Waals surface area contributed by atoms with Crippen molar-refractivity contribution in [1.82, 2.24) is 0 Å². The molecule has 0 bridgehead atoms. The first-order valence-corrected chi connectivity index (χ1v) is 6.46. The lowest BCUT2D eigenvalue weighted by atomic mass is 10.1. The summed E-state index contributed by atoms with van der Waals surface area (Å²) < 4.78 is 0. The highest BCUT2D eigenvalue weighted by Crippen LogP contribution is 2.19. The summed E-state index contributed by atoms with van der Waals surface area (Å²) in [5.41, 5.74) is 9.81. The summed E-state index contributed by atoms with van der Waals surface area (Å²) in [7, 11) is 0. The van der Waals surface area contributed by atoms with Crippen molar-refractivity contribution in [3.05, 3.63) is 59.7 Å². The van der Waals surface area contributed by atoms with E-state index >= 15 is 0 Å². The number of hydrogen-bond donors (Lipinski definition) is 3. The normalized spacial score (nSPS) is 12.1. The summed E-state index contributed by atoms with van der Waals surface area (Å²) in [5.74, 6) is 0. The molecule has 0 aliphatic carbocycles. The van der Waals surface area contributed by atoms with Crippen molar-refractivity contribution in [1.29, 1.82) is 0 Å². The standard InChI is InChI=1S/C16H20N2O/c1-12-9-14(17)7-8-16(12)18-15(11-19)10-13-5-3-2-4-6-13/h2-9,15,18-19H,10-11,17H2,1H3. The Morgan fingerprint density at radius 1 is 1.16 bits per heavy atom. The summed E-state index contributed by atoms with van der Waals surface area (Å²) in [6, 6.07) is 15.9. The van der Waals surface area contributed by atoms with Crippen LogP contribution in [0.3, 0.4) is 0 Å². The predicted molar refractivity (Wildman–Crippen MR) is 80.2 cm³/mol. The van der Waals surface area contributed by atoms with Gasteiger partial charge in [0.05, 0.1) is 12.6 Å². The molecule has 0 amide bonds. The van der Waals surface area contributed by atoms with Gasteiger partial charge in [-0.05, 0) is 42.7 Å². The van der Waals surface area contributed by atoms with Gasteiger partial charge in [0, 0.05) is 11.4 Å². The molecule has 0 aromatic heterocycles. The number of aliphatic hydroxyl groups excluding tert-OH is 1. The molecule has 4 N–H and O–H groups in total. The zero-order valence-corrected chi connectivity index (χ0v) is 11.1. The van der Waals surface area contributed by atoms with Gasteiger partial charge in [0.25, 0.3) is 0 Å². The van der Waals surface area contributed by atoms with E-state index in [2.05, 4.69) is 17.4 Å². The van der Waals surface area contributed by atoms with Gasteiger partial charge < -0.3 is 16.2 Å². The molecule has 0 saturated heterocycles. The van der Waals surface area contributed by atoms with E-state index in [1.807, 2.05) is 43.3 Å². The van der Waals surface area contributed by atoms with Crippen LogP contribution in [-0.4, -0.2) is 17.8 Å². The highest BCUT2D eigenvalue weighted by molar-refractivity contribution is 5.58. The maximum atomic E-state index is 9.51. The molecule has 2 aromatic carbocycles. The van der Waals surface area contributed by atoms with Crippen molar-refractivity contribution in [3.63, 3.8) is 0 Å². The molecular formula is C16H20N2O. The van der Waals surface area contributed by atoms with E-state index < -0.39 is 0 Å². The zero-order chi connectivity index (χ0) is 13.7. The fourth-order valence-electron chi connectivity index (χ4n) is 2.13. The molecule has 3 heteroatoms. The van der Waals surface area contributed by atoms with E-state index in [0.717, 1.165) is 23.4 Å². The number of aryl methyl sites for hydroxylation is 1. The van der Waals surface area contributed by atoms with Crippen molar-refractivity contribution in [2.75, 3.05) is 17.7 Å². The van der Waals surface area contributed by atoms with Gasteiger partial charge in [0.2, 0.25) is 0 Å². The number of nitrogen functional groups attached to an aromatic ring is 1. The van der Waals surface area contributed by atoms with Crippen LogP contribution in [0.4, 0.5) is 11.4 Å². The first-order chi connectivity index (χ1) is 9.19. The van der Waals surface area contributed by atoms with Crippen LogP contribution in [0.25, 0.3) is 0 Å². The second-order valence-electron chi connectivity index (χ2n) is 4.79. The number of nitrogens with one attached hydrogen (secondary N) is 1. The van der Waals surface area contributed by atoms with E-state index in [-0.39, 0.29) is 12.6 Å². The Bertz CT molecular complexity index is 526. The number of rotatable bonds is 5. The lowest BCUT2D eigenvalue weighted by Crippen LogP contribution is -2.26. The Morgan fingerprint density at radius 3 is 2.53 bits per heavy atom. The minimum atomic E-state index is 0.00437. The second kappa shape index (κ2) is 6.25. The van der Waals surface area contributed by atoms with Crippen molar-refractivity contribution >= 4 is 11.4 Å². The summed E-state index contributed by atoms with van der Waals surface area (Å²) in [5, 5.41) is 12.9. The lowest BCUT2D eigenvalue weighted by molar-refractivity contribution is 0.273. The van der Waals surface area contributed by atoms with Crippen molar-refractivity contribution < 1.29 is 5.11 Å². The maximum absolute atomic E-state index is 9.51. The van der Waals surface area contributed by atoms with Crippen LogP contribution in [0.2, 0.25) is 0 Å². The summed E-state index contributed by atoms with van der Waals surface area (Å²) in [4.78, 5) is 0. The van der Waals surface area contributed by atoms with E-state index in [4.69, 9.17) is 5.73 Å². The largest absolute Gasteiger partial charge is 0.399 e. The van der Waals surface area contributed by atoms with Gasteiger partial charge in [0.1, 0.15) is 0 Å². The van der Waals surface area contributed by atoms with Gasteiger partial charge in [-0.1, -0.05) is 30.3 Å². The first kappa shape index (κ1) is 13.4. The molecule has 19 heavy (non-hydrogen) atoms. The molecule has 0 saturated carbocycles. The van der Waals surface area contributed by atoms with E-state index in [9.17, 15) is 5.11 Å². The van der Waals surface area contributed by atoms with Gasteiger partial charge in [-0.25, -0.2) is 0 Å². The molecule has 2 rings (SSSR count). The third-order valence-corrected chi connectivity index (χ3v) is 3.16. The van der Waals surface area contributed by atoms with Gasteiger partial charge in [-0.3, -0.25) is 0 Å². The SMILES string of the molecule is Cc1cc(N)ccc1NC(CO)Cc1ccccc1. The minimum Gasteiger partial charge on any atom is -0.399 e. The van der Waals surface area contributed by atoms with Crippen LogP contribution in [-0.2, 0) is 6.42 Å². The highest BCUT2D eigenvalue weighted by atomic mass is 16.3. The Labute approximate surface area is 114 Å². The van der Waals surface area contributed by atoms with Crippen LogP contribution < -0.4 is 11.1 Å². The number of hydrogen-bond acceptors (Lipinski definition) is 3. The smallest absolute Gasteiger partial charge is 0.0636 e. The Morgan fingerprint density at radius 2 is 1.89 bits per heavy atom. The van der Waals surface area contributed by atoms with E-state index in [1.165, 1.54) is 5.56 Å². The summed E-state index contributed by atoms with van der Waals surface area (Å²) in [6.45, 7) is 2.11. The molecule has 0 heterocycles. The molecule has 0 radical (unpaired) electrons. The lowest BCUT2D eigenvalue weighted by Gasteiger charge is -2.19. The van der Waals surface area contributed by atoms with E-state index in [1.54, 1.807) is 0 Å². The number of anilines is 2. The number of nitrogens with two attached hydrogens (primary N) is 1. The average Bonchev–Trinajstić information content (AvgIpc) is 2.42. The first-order valence-electron chi connectivity index (χ1n) is 6.46. The molecule has 3 nitrogen and oxygen atoms in total. The van der Waals surface area contributed by atoms with Crippen LogP contribution in [0, 0.1) is 6.92 Å². The maximum Gasteiger partial charge on any atom is 0.0636 e. The van der Waals surface area contributed by atoms with Crippen LogP contribution in [0.15, 0.2) is 48.5 Å². The predicted octanol–water partition coefficient (Wildman–Crippen LogP) is 2.59. The molecule has 0 aliphatic rings. The fourth-order valence-corrected chi connectivity index (χ4v) is 2.13. The molecule has 1 unspecified atom stereocenters. The van der Waals surface area contributed by atoms with Gasteiger partial charge in [-0.2, -0.15) is 0 Å². The number of aliphatic hydroxyl groups is 1. The summed E-state index contributed by atoms with van der Waals surface area (Å²) >= 11 is 0. The third kappa shape index (κ3) is 3.73. The molecular weight excluding hydrogens is 236 g/mol. The highest BCUT2D eigenvalue weighted by Gasteiger charge is 2.09. The minimum absolute atomic E-state index is 0.00437. The molecule has 1 atom stereocenters. The fraction of sp³-hybridized carbons (Fsp3) is 0.250. The zero-order valence-electron chi connectivity index (χ0n) is 11.1. The Balaban J connectivity index is 2.06. The molecule has 2 aromatic rings. The molecule has 0 fully saturated rings. The summed E-state index contributed by atoms with van der Waals surface area (Å²) in [6.07, 6.45) is 0.793. The third-order valence-electron chi connectivity index (χ3n) is 3.16. The van der Waals surface area contributed by atoms with E-state index in [0.29, 0.717) is 0 Å². The van der Waals surface area contributed by atoms with Crippen molar-refractivity contribution in [2.45, 2.75) is 19.4 Å². The molecule has 0 aliphatic heterocycles. The second-order valence-corrected chi connectivity index (χ2v) is 4.79. The van der Waals surface area contributed by atoms with Crippen molar-refractivity contribution in [3.8, 4) is 0 Å². The molecule has 0 spiro atoms. The molecule has 100 valence electrons.